The van der Waals surface area contributed by atoms with Crippen LogP contribution < -0.4 is 5.32 Å². The molecule has 0 aliphatic rings. The predicted octanol–water partition coefficient (Wildman–Crippen LogP) is 0.772. The van der Waals surface area contributed by atoms with E-state index in [1.807, 2.05) is 0 Å². The van der Waals surface area contributed by atoms with Gasteiger partial charge in [-0.05, 0) is 24.1 Å². The number of phenolic OH excluding ortho intramolecular Hbond substituents is 1. The normalized spacial score (nSPS) is 11.8. The topological polar surface area (TPSA) is 86.6 Å². The average Bonchev–Trinajstić information content (AvgIpc) is 2.26. The quantitative estimate of drug-likeness (QED) is 0.706. The molecule has 0 saturated carbocycles. The van der Waals surface area contributed by atoms with Gasteiger partial charge in [0, 0.05) is 13.5 Å². The van der Waals surface area contributed by atoms with Crippen LogP contribution in [0.5, 0.6) is 5.75 Å². The van der Waals surface area contributed by atoms with Gasteiger partial charge < -0.3 is 15.5 Å². The SMILES string of the molecule is CC(=O)NCC(Cc1ccc(O)cc1)C(=O)O. The summed E-state index contributed by atoms with van der Waals surface area (Å²) in [7, 11) is 0. The minimum atomic E-state index is -0.952. The second kappa shape index (κ2) is 5.89. The van der Waals surface area contributed by atoms with Gasteiger partial charge in [-0.1, -0.05) is 12.1 Å². The summed E-state index contributed by atoms with van der Waals surface area (Å²) in [5.41, 5.74) is 0.806. The molecule has 17 heavy (non-hydrogen) atoms. The maximum atomic E-state index is 11.0. The molecule has 0 saturated heterocycles. The second-order valence-corrected chi connectivity index (χ2v) is 3.84. The van der Waals surface area contributed by atoms with E-state index in [1.54, 1.807) is 12.1 Å². The Morgan fingerprint density at radius 2 is 1.88 bits per heavy atom. The summed E-state index contributed by atoms with van der Waals surface area (Å²) >= 11 is 0. The lowest BCUT2D eigenvalue weighted by Gasteiger charge is -2.12. The van der Waals surface area contributed by atoms with Crippen LogP contribution in [0.25, 0.3) is 0 Å². The number of nitrogens with one attached hydrogen (secondary N) is 1. The van der Waals surface area contributed by atoms with Crippen LogP contribution in [0.3, 0.4) is 0 Å². The second-order valence-electron chi connectivity index (χ2n) is 3.84. The predicted molar refractivity (Wildman–Crippen MR) is 61.6 cm³/mol. The lowest BCUT2D eigenvalue weighted by Crippen LogP contribution is -2.32. The van der Waals surface area contributed by atoms with Crippen LogP contribution in [0, 0.1) is 5.92 Å². The first-order valence-electron chi connectivity index (χ1n) is 5.24. The van der Waals surface area contributed by atoms with Gasteiger partial charge in [0.2, 0.25) is 5.91 Å². The summed E-state index contributed by atoms with van der Waals surface area (Å²) in [5.74, 6) is -1.72. The molecule has 1 unspecified atom stereocenters. The molecule has 1 amide bonds. The highest BCUT2D eigenvalue weighted by Crippen LogP contribution is 2.13. The first-order chi connectivity index (χ1) is 7.99. The molecule has 0 aliphatic heterocycles. The van der Waals surface area contributed by atoms with Crippen molar-refractivity contribution in [2.45, 2.75) is 13.3 Å². The van der Waals surface area contributed by atoms with Crippen molar-refractivity contribution in [3.05, 3.63) is 29.8 Å². The number of aliphatic carboxylic acids is 1. The largest absolute Gasteiger partial charge is 0.508 e. The van der Waals surface area contributed by atoms with E-state index in [4.69, 9.17) is 10.2 Å². The highest BCUT2D eigenvalue weighted by molar-refractivity contribution is 5.75. The van der Waals surface area contributed by atoms with Gasteiger partial charge in [-0.15, -0.1) is 0 Å². The fraction of sp³-hybridized carbons (Fsp3) is 0.333. The monoisotopic (exact) mass is 237 g/mol. The molecule has 0 radical (unpaired) electrons. The summed E-state index contributed by atoms with van der Waals surface area (Å²) in [6, 6.07) is 6.34. The van der Waals surface area contributed by atoms with E-state index in [9.17, 15) is 9.59 Å². The summed E-state index contributed by atoms with van der Waals surface area (Å²) < 4.78 is 0. The van der Waals surface area contributed by atoms with Crippen LogP contribution >= 0.6 is 0 Å². The molecule has 92 valence electrons. The van der Waals surface area contributed by atoms with Crippen molar-refractivity contribution in [2.24, 2.45) is 5.92 Å². The molecule has 0 aliphatic carbocycles. The van der Waals surface area contributed by atoms with Crippen molar-refractivity contribution >= 4 is 11.9 Å². The third-order valence-electron chi connectivity index (χ3n) is 2.37. The minimum absolute atomic E-state index is 0.103. The lowest BCUT2D eigenvalue weighted by atomic mass is 9.99. The summed E-state index contributed by atoms with van der Waals surface area (Å²) in [6.07, 6.45) is 0.315. The molecule has 0 spiro atoms. The van der Waals surface area contributed by atoms with Crippen molar-refractivity contribution in [1.29, 1.82) is 0 Å². The van der Waals surface area contributed by atoms with Crippen molar-refractivity contribution < 1.29 is 19.8 Å². The standard InChI is InChI=1S/C12H15NO4/c1-8(14)13-7-10(12(16)17)6-9-2-4-11(15)5-3-9/h2-5,10,15H,6-7H2,1H3,(H,13,14)(H,16,17). The van der Waals surface area contributed by atoms with Crippen LogP contribution in [0.4, 0.5) is 0 Å². The molecule has 3 N–H and O–H groups in total. The van der Waals surface area contributed by atoms with Gasteiger partial charge in [0.15, 0.2) is 0 Å². The number of amides is 1. The maximum absolute atomic E-state index is 11.0. The molecule has 5 nitrogen and oxygen atoms in total. The molecule has 0 fully saturated rings. The third kappa shape index (κ3) is 4.55. The Bertz CT molecular complexity index is 399. The van der Waals surface area contributed by atoms with Gasteiger partial charge in [-0.2, -0.15) is 0 Å². The highest BCUT2D eigenvalue weighted by atomic mass is 16.4. The Kier molecular flexibility index (Phi) is 4.51. The zero-order chi connectivity index (χ0) is 12.8. The molecule has 5 heteroatoms. The van der Waals surface area contributed by atoms with E-state index < -0.39 is 11.9 Å². The number of rotatable bonds is 5. The van der Waals surface area contributed by atoms with Gasteiger partial charge in [-0.25, -0.2) is 0 Å². The number of benzene rings is 1. The molecular formula is C12H15NO4. The van der Waals surface area contributed by atoms with Gasteiger partial charge in [-0.3, -0.25) is 9.59 Å². The molecular weight excluding hydrogens is 222 g/mol. The molecule has 1 aromatic rings. The maximum Gasteiger partial charge on any atom is 0.308 e. The Balaban J connectivity index is 2.63. The Morgan fingerprint density at radius 3 is 2.35 bits per heavy atom. The number of hydrogen-bond acceptors (Lipinski definition) is 3. The number of phenols is 1. The van der Waals surface area contributed by atoms with E-state index in [0.717, 1.165) is 5.56 Å². The fourth-order valence-electron chi connectivity index (χ4n) is 1.43. The molecule has 1 rings (SSSR count). The van der Waals surface area contributed by atoms with Crippen molar-refractivity contribution in [3.63, 3.8) is 0 Å². The smallest absolute Gasteiger partial charge is 0.308 e. The summed E-state index contributed by atoms with van der Waals surface area (Å²) in [5, 5.41) is 20.6. The number of aromatic hydroxyl groups is 1. The molecule has 0 heterocycles. The third-order valence-corrected chi connectivity index (χ3v) is 2.37. The van der Waals surface area contributed by atoms with E-state index >= 15 is 0 Å². The fourth-order valence-corrected chi connectivity index (χ4v) is 1.43. The first-order valence-corrected chi connectivity index (χ1v) is 5.24. The first kappa shape index (κ1) is 13.0. The Morgan fingerprint density at radius 1 is 1.29 bits per heavy atom. The number of carboxylic acids is 1. The van der Waals surface area contributed by atoms with E-state index in [1.165, 1.54) is 19.1 Å². The van der Waals surface area contributed by atoms with Crippen molar-refractivity contribution in [2.75, 3.05) is 6.54 Å². The van der Waals surface area contributed by atoms with Crippen LogP contribution in [-0.2, 0) is 16.0 Å². The summed E-state index contributed by atoms with van der Waals surface area (Å²) in [6.45, 7) is 1.45. The van der Waals surface area contributed by atoms with Crippen LogP contribution in [0.2, 0.25) is 0 Å². The number of carbonyl (C=O) groups is 2. The van der Waals surface area contributed by atoms with Crippen molar-refractivity contribution in [1.82, 2.24) is 5.32 Å². The molecule has 0 aromatic heterocycles. The Labute approximate surface area is 99.1 Å². The van der Waals surface area contributed by atoms with E-state index in [0.29, 0.717) is 6.42 Å². The zero-order valence-corrected chi connectivity index (χ0v) is 9.51. The zero-order valence-electron chi connectivity index (χ0n) is 9.51. The number of carboxylic acid groups (broad SMARTS) is 1. The molecule has 1 aromatic carbocycles. The number of carbonyl (C=O) groups excluding carboxylic acids is 1. The van der Waals surface area contributed by atoms with Gasteiger partial charge in [0.1, 0.15) is 5.75 Å². The van der Waals surface area contributed by atoms with Crippen molar-refractivity contribution in [3.8, 4) is 5.75 Å². The molecule has 0 bridgehead atoms. The van der Waals surface area contributed by atoms with Gasteiger partial charge in [0.05, 0.1) is 5.92 Å². The lowest BCUT2D eigenvalue weighted by molar-refractivity contribution is -0.141. The van der Waals surface area contributed by atoms with Crippen LogP contribution in [-0.4, -0.2) is 28.6 Å². The van der Waals surface area contributed by atoms with E-state index in [-0.39, 0.29) is 18.2 Å². The highest BCUT2D eigenvalue weighted by Gasteiger charge is 2.18. The molecule has 1 atom stereocenters. The van der Waals surface area contributed by atoms with Crippen LogP contribution in [0.15, 0.2) is 24.3 Å². The van der Waals surface area contributed by atoms with Crippen LogP contribution in [0.1, 0.15) is 12.5 Å². The number of hydrogen-bond donors (Lipinski definition) is 3. The minimum Gasteiger partial charge on any atom is -0.508 e. The average molecular weight is 237 g/mol. The Hall–Kier alpha value is -2.04. The van der Waals surface area contributed by atoms with E-state index in [2.05, 4.69) is 5.32 Å². The van der Waals surface area contributed by atoms with Gasteiger partial charge in [0.25, 0.3) is 0 Å². The van der Waals surface area contributed by atoms with Gasteiger partial charge >= 0.3 is 5.97 Å². The summed E-state index contributed by atoms with van der Waals surface area (Å²) in [4.78, 5) is 21.7.